The molecule has 0 atom stereocenters. The third-order valence-electron chi connectivity index (χ3n) is 3.29. The van der Waals surface area contributed by atoms with Crippen LogP contribution in [-0.2, 0) is 0 Å². The third kappa shape index (κ3) is 1.55. The molecule has 5 nitrogen and oxygen atoms in total. The first-order valence-corrected chi connectivity index (χ1v) is 5.82. The summed E-state index contributed by atoms with van der Waals surface area (Å²) in [4.78, 5) is 22.7. The standard InChI is InChI=1S/C13H13N3O2/c14-12(17)8-2-1-7-5-11(13(15)18)16(9-3-4-9)10(7)6-8/h1-2,5-6,9H,3-4H2,(H2,14,17)(H2,15,18). The monoisotopic (exact) mass is 243 g/mol. The van der Waals surface area contributed by atoms with Crippen molar-refractivity contribution >= 4 is 22.7 Å². The van der Waals surface area contributed by atoms with Gasteiger partial charge in [0.2, 0.25) is 5.91 Å². The maximum absolute atomic E-state index is 11.5. The average molecular weight is 243 g/mol. The van der Waals surface area contributed by atoms with Crippen LogP contribution in [-0.4, -0.2) is 16.4 Å². The van der Waals surface area contributed by atoms with E-state index in [9.17, 15) is 9.59 Å². The molecular weight excluding hydrogens is 230 g/mol. The molecule has 5 heteroatoms. The quantitative estimate of drug-likeness (QED) is 0.847. The van der Waals surface area contributed by atoms with Crippen LogP contribution in [0, 0.1) is 0 Å². The molecule has 92 valence electrons. The molecule has 3 rings (SSSR count). The number of nitrogens with two attached hydrogens (primary N) is 2. The fourth-order valence-electron chi connectivity index (χ4n) is 2.29. The number of primary amides is 2. The molecule has 0 radical (unpaired) electrons. The highest BCUT2D eigenvalue weighted by Crippen LogP contribution is 2.39. The molecule has 2 aromatic rings. The zero-order chi connectivity index (χ0) is 12.9. The van der Waals surface area contributed by atoms with Crippen LogP contribution in [0.2, 0.25) is 0 Å². The second kappa shape index (κ2) is 3.60. The summed E-state index contributed by atoms with van der Waals surface area (Å²) in [7, 11) is 0. The first-order chi connectivity index (χ1) is 8.58. The molecule has 4 N–H and O–H groups in total. The van der Waals surface area contributed by atoms with Gasteiger partial charge in [-0.2, -0.15) is 0 Å². The lowest BCUT2D eigenvalue weighted by Crippen LogP contribution is -2.16. The second-order valence-electron chi connectivity index (χ2n) is 4.63. The summed E-state index contributed by atoms with van der Waals surface area (Å²) in [6, 6.07) is 7.25. The molecule has 0 bridgehead atoms. The molecule has 1 aromatic carbocycles. The van der Waals surface area contributed by atoms with Gasteiger partial charge < -0.3 is 16.0 Å². The first-order valence-electron chi connectivity index (χ1n) is 5.82. The lowest BCUT2D eigenvalue weighted by molar-refractivity contribution is 0.0987. The van der Waals surface area contributed by atoms with Crippen molar-refractivity contribution < 1.29 is 9.59 Å². The molecule has 1 aliphatic rings. The van der Waals surface area contributed by atoms with Crippen LogP contribution in [0.3, 0.4) is 0 Å². The minimum atomic E-state index is -0.471. The number of carbonyl (C=O) groups is 2. The summed E-state index contributed by atoms with van der Waals surface area (Å²) >= 11 is 0. The largest absolute Gasteiger partial charge is 0.366 e. The van der Waals surface area contributed by atoms with E-state index in [1.54, 1.807) is 24.3 Å². The van der Waals surface area contributed by atoms with Crippen molar-refractivity contribution in [1.82, 2.24) is 4.57 Å². The van der Waals surface area contributed by atoms with E-state index >= 15 is 0 Å². The minimum absolute atomic E-state index is 0.313. The van der Waals surface area contributed by atoms with Gasteiger partial charge in [0, 0.05) is 22.5 Å². The number of nitrogens with zero attached hydrogens (tertiary/aromatic N) is 1. The highest BCUT2D eigenvalue weighted by Gasteiger charge is 2.28. The van der Waals surface area contributed by atoms with E-state index in [4.69, 9.17) is 11.5 Å². The van der Waals surface area contributed by atoms with Crippen LogP contribution in [0.15, 0.2) is 24.3 Å². The summed E-state index contributed by atoms with van der Waals surface area (Å²) in [5.41, 5.74) is 12.5. The van der Waals surface area contributed by atoms with E-state index in [2.05, 4.69) is 0 Å². The van der Waals surface area contributed by atoms with Gasteiger partial charge in [-0.15, -0.1) is 0 Å². The van der Waals surface area contributed by atoms with Gasteiger partial charge in [-0.05, 0) is 31.0 Å². The smallest absolute Gasteiger partial charge is 0.265 e. The van der Waals surface area contributed by atoms with Crippen LogP contribution in [0.1, 0.15) is 39.7 Å². The molecule has 2 amide bonds. The van der Waals surface area contributed by atoms with E-state index in [0.29, 0.717) is 17.3 Å². The summed E-state index contributed by atoms with van der Waals surface area (Å²) in [5.74, 6) is -0.917. The highest BCUT2D eigenvalue weighted by atomic mass is 16.1. The molecule has 1 heterocycles. The normalized spacial score (nSPS) is 14.9. The van der Waals surface area contributed by atoms with E-state index in [-0.39, 0.29) is 0 Å². The number of aromatic nitrogens is 1. The topological polar surface area (TPSA) is 91.1 Å². The van der Waals surface area contributed by atoms with E-state index in [1.807, 2.05) is 4.57 Å². The van der Waals surface area contributed by atoms with Crippen LogP contribution in [0.4, 0.5) is 0 Å². The Morgan fingerprint density at radius 2 is 1.83 bits per heavy atom. The van der Waals surface area contributed by atoms with Crippen LogP contribution >= 0.6 is 0 Å². The molecule has 1 aromatic heterocycles. The Hall–Kier alpha value is -2.30. The molecule has 0 aliphatic heterocycles. The molecule has 18 heavy (non-hydrogen) atoms. The van der Waals surface area contributed by atoms with E-state index < -0.39 is 11.8 Å². The Morgan fingerprint density at radius 3 is 2.39 bits per heavy atom. The predicted molar refractivity (Wildman–Crippen MR) is 67.2 cm³/mol. The Labute approximate surface area is 103 Å². The molecular formula is C13H13N3O2. The Balaban J connectivity index is 2.29. The number of amides is 2. The Kier molecular flexibility index (Phi) is 2.16. The number of hydrogen-bond donors (Lipinski definition) is 2. The van der Waals surface area contributed by atoms with Gasteiger partial charge in [-0.25, -0.2) is 0 Å². The maximum atomic E-state index is 11.5. The molecule has 0 saturated heterocycles. The van der Waals surface area contributed by atoms with Crippen molar-refractivity contribution in [1.29, 1.82) is 0 Å². The van der Waals surface area contributed by atoms with Gasteiger partial charge in [0.15, 0.2) is 0 Å². The number of fused-ring (bicyclic) bond motifs is 1. The van der Waals surface area contributed by atoms with Gasteiger partial charge in [0.1, 0.15) is 5.69 Å². The third-order valence-corrected chi connectivity index (χ3v) is 3.29. The van der Waals surface area contributed by atoms with E-state index in [1.165, 1.54) is 0 Å². The molecule has 1 saturated carbocycles. The fraction of sp³-hybridized carbons (Fsp3) is 0.231. The lowest BCUT2D eigenvalue weighted by atomic mass is 10.1. The molecule has 1 fully saturated rings. The first kappa shape index (κ1) is 10.8. The predicted octanol–water partition coefficient (Wildman–Crippen LogP) is 1.17. The van der Waals surface area contributed by atoms with Crippen molar-refractivity contribution in [2.45, 2.75) is 18.9 Å². The van der Waals surface area contributed by atoms with Crippen molar-refractivity contribution in [3.05, 3.63) is 35.5 Å². The molecule has 0 spiro atoms. The second-order valence-corrected chi connectivity index (χ2v) is 4.63. The lowest BCUT2D eigenvalue weighted by Gasteiger charge is -2.07. The maximum Gasteiger partial charge on any atom is 0.265 e. The summed E-state index contributed by atoms with van der Waals surface area (Å²) in [6.07, 6.45) is 2.07. The van der Waals surface area contributed by atoms with Crippen molar-refractivity contribution in [3.63, 3.8) is 0 Å². The van der Waals surface area contributed by atoms with Crippen molar-refractivity contribution in [2.24, 2.45) is 11.5 Å². The molecule has 1 aliphatic carbocycles. The minimum Gasteiger partial charge on any atom is -0.366 e. The number of hydrogen-bond acceptors (Lipinski definition) is 2. The van der Waals surface area contributed by atoms with Gasteiger partial charge in [-0.3, -0.25) is 9.59 Å². The van der Waals surface area contributed by atoms with Crippen LogP contribution in [0.5, 0.6) is 0 Å². The zero-order valence-electron chi connectivity index (χ0n) is 9.72. The summed E-state index contributed by atoms with van der Waals surface area (Å²) in [5, 5.41) is 0.903. The van der Waals surface area contributed by atoms with Gasteiger partial charge in [-0.1, -0.05) is 6.07 Å². The number of rotatable bonds is 3. The van der Waals surface area contributed by atoms with Gasteiger partial charge in [0.25, 0.3) is 5.91 Å². The Bertz CT molecular complexity index is 668. The Morgan fingerprint density at radius 1 is 1.11 bits per heavy atom. The highest BCUT2D eigenvalue weighted by molar-refractivity contribution is 6.01. The molecule has 0 unspecified atom stereocenters. The number of carbonyl (C=O) groups excluding carboxylic acids is 2. The van der Waals surface area contributed by atoms with Gasteiger partial charge in [0.05, 0.1) is 0 Å². The average Bonchev–Trinajstić information content (AvgIpc) is 3.08. The number of benzene rings is 1. The summed E-state index contributed by atoms with van der Waals surface area (Å²) in [6.45, 7) is 0. The SMILES string of the molecule is NC(=O)c1ccc2cc(C(N)=O)n(C3CC3)c2c1. The van der Waals surface area contributed by atoms with Crippen molar-refractivity contribution in [2.75, 3.05) is 0 Å². The zero-order valence-corrected chi connectivity index (χ0v) is 9.72. The van der Waals surface area contributed by atoms with Crippen LogP contribution in [0.25, 0.3) is 10.9 Å². The van der Waals surface area contributed by atoms with Crippen molar-refractivity contribution in [3.8, 4) is 0 Å². The van der Waals surface area contributed by atoms with Crippen LogP contribution < -0.4 is 11.5 Å². The van der Waals surface area contributed by atoms with Gasteiger partial charge >= 0.3 is 0 Å². The summed E-state index contributed by atoms with van der Waals surface area (Å²) < 4.78 is 1.92. The van der Waals surface area contributed by atoms with E-state index in [0.717, 1.165) is 23.7 Å². The fourth-order valence-corrected chi connectivity index (χ4v) is 2.29.